The summed E-state index contributed by atoms with van der Waals surface area (Å²) < 4.78 is 7.10. The van der Waals surface area contributed by atoms with E-state index in [1.165, 1.54) is 7.11 Å². The van der Waals surface area contributed by atoms with E-state index in [0.717, 1.165) is 30.8 Å². The van der Waals surface area contributed by atoms with Gasteiger partial charge in [-0.15, -0.1) is 0 Å². The summed E-state index contributed by atoms with van der Waals surface area (Å²) in [4.78, 5) is 40.6. The van der Waals surface area contributed by atoms with Crippen LogP contribution in [-0.2, 0) is 4.79 Å². The monoisotopic (exact) mass is 499 g/mol. The molecule has 1 fully saturated rings. The molecule has 1 aromatic carbocycles. The van der Waals surface area contributed by atoms with Crippen LogP contribution < -0.4 is 15.8 Å². The first-order valence-electron chi connectivity index (χ1n) is 12.3. The molecule has 4 aromatic rings. The van der Waals surface area contributed by atoms with Crippen molar-refractivity contribution < 1.29 is 14.3 Å². The number of benzene rings is 1. The minimum atomic E-state index is -0.285. The third-order valence-electron chi connectivity index (χ3n) is 6.65. The molecule has 0 bridgehead atoms. The molecule has 0 radical (unpaired) electrons. The molecule has 190 valence electrons. The van der Waals surface area contributed by atoms with Gasteiger partial charge in [0.25, 0.3) is 5.91 Å². The number of hydrogen-bond donors (Lipinski definition) is 2. The van der Waals surface area contributed by atoms with E-state index in [4.69, 9.17) is 15.5 Å². The van der Waals surface area contributed by atoms with E-state index in [0.29, 0.717) is 47.3 Å². The number of hydrogen-bond acceptors (Lipinski definition) is 7. The van der Waals surface area contributed by atoms with Crippen molar-refractivity contribution >= 4 is 29.0 Å². The average molecular weight is 500 g/mol. The maximum absolute atomic E-state index is 12.8. The van der Waals surface area contributed by atoms with Gasteiger partial charge in [0.2, 0.25) is 11.8 Å². The molecule has 37 heavy (non-hydrogen) atoms. The van der Waals surface area contributed by atoms with Crippen molar-refractivity contribution in [2.45, 2.75) is 32.1 Å². The third kappa shape index (κ3) is 4.82. The minimum Gasteiger partial charge on any atom is -0.481 e. The maximum Gasteiger partial charge on any atom is 0.256 e. The van der Waals surface area contributed by atoms with Gasteiger partial charge in [-0.05, 0) is 31.0 Å². The van der Waals surface area contributed by atoms with Crippen LogP contribution in [0.2, 0.25) is 0 Å². The second-order valence-corrected chi connectivity index (χ2v) is 8.98. The van der Waals surface area contributed by atoms with E-state index in [-0.39, 0.29) is 17.7 Å². The molecule has 1 unspecified atom stereocenters. The number of imidazole rings is 1. The molecule has 4 heterocycles. The van der Waals surface area contributed by atoms with Crippen molar-refractivity contribution in [1.82, 2.24) is 24.3 Å². The Morgan fingerprint density at radius 1 is 1.16 bits per heavy atom. The van der Waals surface area contributed by atoms with Gasteiger partial charge in [0.05, 0.1) is 7.11 Å². The van der Waals surface area contributed by atoms with E-state index >= 15 is 0 Å². The molecular formula is C27H29N7O3. The van der Waals surface area contributed by atoms with Crippen molar-refractivity contribution in [2.24, 2.45) is 0 Å². The lowest BCUT2D eigenvalue weighted by atomic mass is 9.97. The summed E-state index contributed by atoms with van der Waals surface area (Å²) >= 11 is 0. The van der Waals surface area contributed by atoms with Crippen LogP contribution in [0.1, 0.15) is 48.3 Å². The summed E-state index contributed by atoms with van der Waals surface area (Å²) in [6.07, 6.45) is 5.88. The Balaban J connectivity index is 1.44. The van der Waals surface area contributed by atoms with Crippen LogP contribution in [0, 0.1) is 0 Å². The maximum atomic E-state index is 12.8. The summed E-state index contributed by atoms with van der Waals surface area (Å²) in [7, 11) is 1.52. The summed E-state index contributed by atoms with van der Waals surface area (Å²) in [6.45, 7) is 3.29. The molecule has 1 atom stereocenters. The number of likely N-dealkylation sites (tertiary alicyclic amines) is 1. The largest absolute Gasteiger partial charge is 0.481 e. The van der Waals surface area contributed by atoms with E-state index < -0.39 is 0 Å². The fourth-order valence-electron chi connectivity index (χ4n) is 4.78. The zero-order chi connectivity index (χ0) is 25.9. The van der Waals surface area contributed by atoms with Crippen LogP contribution in [0.3, 0.4) is 0 Å². The number of fused-ring (bicyclic) bond motifs is 1. The number of aromatic nitrogens is 4. The summed E-state index contributed by atoms with van der Waals surface area (Å²) in [5.74, 6) is 2.02. The highest BCUT2D eigenvalue weighted by atomic mass is 16.5. The summed E-state index contributed by atoms with van der Waals surface area (Å²) in [5, 5.41) is 2.78. The molecule has 10 heteroatoms. The van der Waals surface area contributed by atoms with Crippen molar-refractivity contribution in [3.63, 3.8) is 0 Å². The molecule has 0 aliphatic carbocycles. The first kappa shape index (κ1) is 24.2. The van der Waals surface area contributed by atoms with Crippen LogP contribution in [0.5, 0.6) is 5.88 Å². The number of piperidine rings is 1. The zero-order valence-electron chi connectivity index (χ0n) is 20.8. The molecule has 2 amide bonds. The normalized spacial score (nSPS) is 15.5. The number of methoxy groups -OCH3 is 1. The number of anilines is 2. The number of ether oxygens (including phenoxy) is 1. The number of rotatable bonds is 6. The second-order valence-electron chi connectivity index (χ2n) is 8.98. The number of nitrogens with zero attached hydrogens (tertiary/aromatic N) is 5. The van der Waals surface area contributed by atoms with E-state index in [9.17, 15) is 9.59 Å². The highest BCUT2D eigenvalue weighted by molar-refractivity contribution is 6.04. The molecule has 1 aliphatic heterocycles. The topological polar surface area (TPSA) is 128 Å². The molecule has 1 aliphatic rings. The molecule has 0 saturated carbocycles. The van der Waals surface area contributed by atoms with Gasteiger partial charge in [-0.3, -0.25) is 14.0 Å². The summed E-state index contributed by atoms with van der Waals surface area (Å²) in [5.41, 5.74) is 9.01. The fourth-order valence-corrected chi connectivity index (χ4v) is 4.78. The van der Waals surface area contributed by atoms with Gasteiger partial charge in [-0.25, -0.2) is 9.97 Å². The summed E-state index contributed by atoms with van der Waals surface area (Å²) in [6, 6.07) is 12.3. The average Bonchev–Trinajstić information content (AvgIpc) is 3.34. The number of nitrogens with one attached hydrogen (secondary N) is 1. The standard InChI is InChI=1S/C27H29N7O3/c1-3-22(35)33-14-5-6-19(16-33)26-32-23(24-25(28)29-13-15-34(24)26)17-9-11-18(12-10-17)27(36)31-20-7-4-8-21(30-20)37-2/h4,7-13,15,19H,3,5-6,14,16H2,1-2H3,(H2,28,29)(H,30,31,36). The number of pyridine rings is 1. The lowest BCUT2D eigenvalue weighted by Crippen LogP contribution is -2.39. The quantitative estimate of drug-likeness (QED) is 0.413. The van der Waals surface area contributed by atoms with Gasteiger partial charge < -0.3 is 20.7 Å². The Morgan fingerprint density at radius 2 is 1.97 bits per heavy atom. The lowest BCUT2D eigenvalue weighted by molar-refractivity contribution is -0.132. The highest BCUT2D eigenvalue weighted by Crippen LogP contribution is 2.34. The van der Waals surface area contributed by atoms with Crippen molar-refractivity contribution in [3.8, 4) is 17.1 Å². The molecule has 1 saturated heterocycles. The van der Waals surface area contributed by atoms with Gasteiger partial charge in [0.15, 0.2) is 0 Å². The van der Waals surface area contributed by atoms with Crippen LogP contribution >= 0.6 is 0 Å². The van der Waals surface area contributed by atoms with Crippen molar-refractivity contribution in [2.75, 3.05) is 31.2 Å². The predicted octanol–water partition coefficient (Wildman–Crippen LogP) is 3.75. The van der Waals surface area contributed by atoms with E-state index in [1.807, 2.05) is 34.6 Å². The number of amides is 2. The Hall–Kier alpha value is -4.47. The Morgan fingerprint density at radius 3 is 2.73 bits per heavy atom. The Kier molecular flexibility index (Phi) is 6.72. The lowest BCUT2D eigenvalue weighted by Gasteiger charge is -2.32. The van der Waals surface area contributed by atoms with Gasteiger partial charge in [0, 0.05) is 55.0 Å². The molecule has 3 N–H and O–H groups in total. The Bertz CT molecular complexity index is 1450. The first-order valence-corrected chi connectivity index (χ1v) is 12.3. The van der Waals surface area contributed by atoms with Gasteiger partial charge in [-0.1, -0.05) is 25.1 Å². The first-order chi connectivity index (χ1) is 18.0. The number of carbonyl (C=O) groups is 2. The third-order valence-corrected chi connectivity index (χ3v) is 6.65. The number of carbonyl (C=O) groups excluding carboxylic acids is 2. The van der Waals surface area contributed by atoms with E-state index in [2.05, 4.69) is 15.3 Å². The Labute approximate surface area is 214 Å². The smallest absolute Gasteiger partial charge is 0.256 e. The second kappa shape index (κ2) is 10.3. The van der Waals surface area contributed by atoms with Crippen LogP contribution in [0.4, 0.5) is 11.6 Å². The zero-order valence-corrected chi connectivity index (χ0v) is 20.8. The predicted molar refractivity (Wildman–Crippen MR) is 140 cm³/mol. The van der Waals surface area contributed by atoms with Gasteiger partial charge in [-0.2, -0.15) is 4.98 Å². The fraction of sp³-hybridized carbons (Fsp3) is 0.296. The highest BCUT2D eigenvalue weighted by Gasteiger charge is 2.28. The van der Waals surface area contributed by atoms with E-state index in [1.54, 1.807) is 36.5 Å². The van der Waals surface area contributed by atoms with Crippen molar-refractivity contribution in [3.05, 3.63) is 66.2 Å². The number of nitrogen functional groups attached to an aromatic ring is 1. The molecule has 3 aromatic heterocycles. The van der Waals surface area contributed by atoms with Gasteiger partial charge in [0.1, 0.15) is 28.7 Å². The van der Waals surface area contributed by atoms with Crippen LogP contribution in [0.15, 0.2) is 54.9 Å². The molecule has 0 spiro atoms. The van der Waals surface area contributed by atoms with Crippen LogP contribution in [-0.4, -0.2) is 56.3 Å². The number of nitrogens with two attached hydrogens (primary N) is 1. The molecule has 10 nitrogen and oxygen atoms in total. The minimum absolute atomic E-state index is 0.0905. The molecule has 5 rings (SSSR count). The van der Waals surface area contributed by atoms with Crippen molar-refractivity contribution in [1.29, 1.82) is 0 Å². The van der Waals surface area contributed by atoms with Crippen LogP contribution in [0.25, 0.3) is 16.8 Å². The van der Waals surface area contributed by atoms with Gasteiger partial charge >= 0.3 is 0 Å². The SMILES string of the molecule is CCC(=O)N1CCCC(c2nc(-c3ccc(C(=O)Nc4cccc(OC)n4)cc3)c3c(N)nccn23)C1. The molecular weight excluding hydrogens is 470 g/mol.